The van der Waals surface area contributed by atoms with Gasteiger partial charge in [0, 0.05) is 25.7 Å². The van der Waals surface area contributed by atoms with Crippen molar-refractivity contribution in [3.8, 4) is 0 Å². The fourth-order valence-electron chi connectivity index (χ4n) is 3.53. The van der Waals surface area contributed by atoms with E-state index >= 15 is 0 Å². The number of rotatable bonds is 6. The maximum Gasteiger partial charge on any atom is 0.251 e. The predicted octanol–water partition coefficient (Wildman–Crippen LogP) is 1.36. The van der Waals surface area contributed by atoms with E-state index in [0.29, 0.717) is 18.7 Å². The number of nitrogens with one attached hydrogen (secondary N) is 2. The highest BCUT2D eigenvalue weighted by Crippen LogP contribution is 2.25. The van der Waals surface area contributed by atoms with E-state index in [4.69, 9.17) is 10.5 Å². The van der Waals surface area contributed by atoms with Gasteiger partial charge in [0.15, 0.2) is 5.96 Å². The molecule has 2 amide bonds. The number of hydrogen-bond acceptors (Lipinski definition) is 4. The van der Waals surface area contributed by atoms with Gasteiger partial charge in [-0.1, -0.05) is 36.4 Å². The first-order valence-electron chi connectivity index (χ1n) is 10.3. The van der Waals surface area contributed by atoms with Crippen LogP contribution in [0.3, 0.4) is 0 Å². The minimum atomic E-state index is -0.576. The molecule has 2 aromatic rings. The summed E-state index contributed by atoms with van der Waals surface area (Å²) in [4.78, 5) is 29.4. The van der Waals surface area contributed by atoms with Crippen LogP contribution in [0, 0.1) is 6.92 Å². The SMILES string of the molecule is CN=C(NCc1ccc(C(=O)NCC(N)=O)cc1)N1CCOC(c2ccccc2C)C1. The van der Waals surface area contributed by atoms with Gasteiger partial charge in [-0.15, -0.1) is 0 Å². The summed E-state index contributed by atoms with van der Waals surface area (Å²) in [5.41, 5.74) is 8.96. The molecule has 0 radical (unpaired) electrons. The Morgan fingerprint density at radius 2 is 1.90 bits per heavy atom. The smallest absolute Gasteiger partial charge is 0.251 e. The Labute approximate surface area is 182 Å². The van der Waals surface area contributed by atoms with E-state index in [9.17, 15) is 9.59 Å². The van der Waals surface area contributed by atoms with E-state index < -0.39 is 5.91 Å². The Hall–Kier alpha value is -3.39. The highest BCUT2D eigenvalue weighted by molar-refractivity contribution is 5.96. The van der Waals surface area contributed by atoms with Gasteiger partial charge >= 0.3 is 0 Å². The van der Waals surface area contributed by atoms with Crippen LogP contribution in [0.15, 0.2) is 53.5 Å². The number of aliphatic imine (C=N–C) groups is 1. The summed E-state index contributed by atoms with van der Waals surface area (Å²) in [6.45, 7) is 4.62. The largest absolute Gasteiger partial charge is 0.370 e. The Kier molecular flexibility index (Phi) is 7.61. The van der Waals surface area contributed by atoms with Crippen molar-refractivity contribution in [3.05, 3.63) is 70.8 Å². The van der Waals surface area contributed by atoms with E-state index in [1.807, 2.05) is 24.3 Å². The van der Waals surface area contributed by atoms with Gasteiger partial charge in [-0.05, 0) is 35.7 Å². The van der Waals surface area contributed by atoms with Gasteiger partial charge in [0.2, 0.25) is 5.91 Å². The molecule has 1 saturated heterocycles. The number of aryl methyl sites for hydroxylation is 1. The minimum absolute atomic E-state index is 0.00620. The third kappa shape index (κ3) is 6.05. The van der Waals surface area contributed by atoms with Crippen LogP contribution < -0.4 is 16.4 Å². The maximum atomic E-state index is 12.0. The van der Waals surface area contributed by atoms with Crippen LogP contribution in [0.4, 0.5) is 0 Å². The molecule has 164 valence electrons. The lowest BCUT2D eigenvalue weighted by molar-refractivity contribution is -0.117. The third-order valence-electron chi connectivity index (χ3n) is 5.20. The van der Waals surface area contributed by atoms with Crippen molar-refractivity contribution in [2.24, 2.45) is 10.7 Å². The molecule has 8 heteroatoms. The quantitative estimate of drug-likeness (QED) is 0.480. The van der Waals surface area contributed by atoms with Crippen LogP contribution in [0.2, 0.25) is 0 Å². The first-order chi connectivity index (χ1) is 15.0. The molecule has 1 aliphatic heterocycles. The number of ether oxygens (including phenoxy) is 1. The number of hydrogen-bond donors (Lipinski definition) is 3. The van der Waals surface area contributed by atoms with Gasteiger partial charge in [-0.25, -0.2) is 0 Å². The summed E-state index contributed by atoms with van der Waals surface area (Å²) < 4.78 is 6.01. The maximum absolute atomic E-state index is 12.0. The Morgan fingerprint density at radius 1 is 1.16 bits per heavy atom. The topological polar surface area (TPSA) is 109 Å². The Morgan fingerprint density at radius 3 is 2.58 bits per heavy atom. The first kappa shape index (κ1) is 22.3. The zero-order valence-electron chi connectivity index (χ0n) is 17.9. The number of morpholine rings is 1. The van der Waals surface area contributed by atoms with E-state index in [0.717, 1.165) is 24.6 Å². The number of amides is 2. The van der Waals surface area contributed by atoms with E-state index in [-0.39, 0.29) is 18.6 Å². The zero-order valence-corrected chi connectivity index (χ0v) is 17.9. The number of nitrogens with two attached hydrogens (primary N) is 1. The molecule has 1 fully saturated rings. The van der Waals surface area contributed by atoms with Crippen LogP contribution in [0.25, 0.3) is 0 Å². The van der Waals surface area contributed by atoms with Gasteiger partial charge in [0.05, 0.1) is 19.7 Å². The number of primary amides is 1. The summed E-state index contributed by atoms with van der Waals surface area (Å²) in [5.74, 6) is -0.0943. The second-order valence-corrected chi connectivity index (χ2v) is 7.41. The van der Waals surface area contributed by atoms with Crippen molar-refractivity contribution in [1.82, 2.24) is 15.5 Å². The van der Waals surface area contributed by atoms with Gasteiger partial charge in [-0.2, -0.15) is 0 Å². The van der Waals surface area contributed by atoms with Crippen molar-refractivity contribution < 1.29 is 14.3 Å². The molecule has 0 aromatic heterocycles. The molecule has 0 bridgehead atoms. The van der Waals surface area contributed by atoms with Crippen molar-refractivity contribution in [1.29, 1.82) is 0 Å². The zero-order chi connectivity index (χ0) is 22.2. The van der Waals surface area contributed by atoms with Crippen LogP contribution in [-0.4, -0.2) is 56.0 Å². The standard InChI is InChI=1S/C23H29N5O3/c1-16-5-3-4-6-19(16)20-15-28(11-12-31-20)23(25-2)27-13-17-7-9-18(10-8-17)22(30)26-14-21(24)29/h3-10,20H,11-15H2,1-2H3,(H2,24,29)(H,25,27)(H,26,30). The Bertz CT molecular complexity index is 942. The highest BCUT2D eigenvalue weighted by Gasteiger charge is 2.25. The van der Waals surface area contributed by atoms with Crippen molar-refractivity contribution in [2.45, 2.75) is 19.6 Å². The van der Waals surface area contributed by atoms with Gasteiger partial charge in [0.1, 0.15) is 6.10 Å². The summed E-state index contributed by atoms with van der Waals surface area (Å²) in [5, 5.41) is 5.86. The lowest BCUT2D eigenvalue weighted by atomic mass is 10.0. The van der Waals surface area contributed by atoms with Crippen LogP contribution in [0.1, 0.15) is 33.2 Å². The lowest BCUT2D eigenvalue weighted by Crippen LogP contribution is -2.48. The fourth-order valence-corrected chi connectivity index (χ4v) is 3.53. The molecule has 1 unspecified atom stereocenters. The first-order valence-corrected chi connectivity index (χ1v) is 10.3. The van der Waals surface area contributed by atoms with Crippen molar-refractivity contribution in [3.63, 3.8) is 0 Å². The summed E-state index contributed by atoms with van der Waals surface area (Å²) in [6, 6.07) is 15.5. The lowest BCUT2D eigenvalue weighted by Gasteiger charge is -2.35. The molecule has 1 heterocycles. The number of guanidine groups is 1. The molecule has 0 spiro atoms. The van der Waals surface area contributed by atoms with E-state index in [2.05, 4.69) is 39.6 Å². The molecule has 1 atom stereocenters. The molecule has 0 saturated carbocycles. The fraction of sp³-hybridized carbons (Fsp3) is 0.348. The molecule has 8 nitrogen and oxygen atoms in total. The molecule has 31 heavy (non-hydrogen) atoms. The highest BCUT2D eigenvalue weighted by atomic mass is 16.5. The normalized spacial score (nSPS) is 16.6. The molecular weight excluding hydrogens is 394 g/mol. The second-order valence-electron chi connectivity index (χ2n) is 7.41. The molecule has 2 aromatic carbocycles. The number of carbonyl (C=O) groups excluding carboxylic acids is 2. The van der Waals surface area contributed by atoms with Gasteiger partial charge in [-0.3, -0.25) is 14.6 Å². The van der Waals surface area contributed by atoms with Crippen LogP contribution in [-0.2, 0) is 16.1 Å². The van der Waals surface area contributed by atoms with Gasteiger partial charge < -0.3 is 26.0 Å². The van der Waals surface area contributed by atoms with Crippen molar-refractivity contribution >= 4 is 17.8 Å². The average Bonchev–Trinajstić information content (AvgIpc) is 2.79. The second kappa shape index (κ2) is 10.6. The van der Waals surface area contributed by atoms with Crippen LogP contribution >= 0.6 is 0 Å². The molecule has 4 N–H and O–H groups in total. The number of carbonyl (C=O) groups is 2. The number of nitrogens with zero attached hydrogens (tertiary/aromatic N) is 2. The van der Waals surface area contributed by atoms with Crippen LogP contribution in [0.5, 0.6) is 0 Å². The van der Waals surface area contributed by atoms with Gasteiger partial charge in [0.25, 0.3) is 5.91 Å². The van der Waals surface area contributed by atoms with E-state index in [1.165, 1.54) is 11.1 Å². The monoisotopic (exact) mass is 423 g/mol. The minimum Gasteiger partial charge on any atom is -0.370 e. The molecule has 1 aliphatic rings. The average molecular weight is 424 g/mol. The van der Waals surface area contributed by atoms with Crippen molar-refractivity contribution in [2.75, 3.05) is 33.3 Å². The molecule has 0 aliphatic carbocycles. The summed E-state index contributed by atoms with van der Waals surface area (Å²) >= 11 is 0. The number of benzene rings is 2. The molecule has 3 rings (SSSR count). The third-order valence-corrected chi connectivity index (χ3v) is 5.20. The predicted molar refractivity (Wildman–Crippen MR) is 120 cm³/mol. The summed E-state index contributed by atoms with van der Waals surface area (Å²) in [7, 11) is 1.77. The van der Waals surface area contributed by atoms with E-state index in [1.54, 1.807) is 19.2 Å². The Balaban J connectivity index is 1.57. The molecular formula is C23H29N5O3. The summed E-state index contributed by atoms with van der Waals surface area (Å²) in [6.07, 6.45) is 0.00620.